The van der Waals surface area contributed by atoms with Crippen molar-refractivity contribution >= 4 is 74.3 Å². The number of hydrogen-bond acceptors (Lipinski definition) is 3. The molecule has 1 aliphatic carbocycles. The van der Waals surface area contributed by atoms with Crippen LogP contribution in [0.5, 0.6) is 0 Å². The van der Waals surface area contributed by atoms with E-state index in [-0.39, 0.29) is 12.1 Å². The van der Waals surface area contributed by atoms with Gasteiger partial charge in [0.15, 0.2) is 0 Å². The maximum absolute atomic E-state index is 2.59. The largest absolute Gasteiger partial charge is 0.311 e. The van der Waals surface area contributed by atoms with E-state index < -0.39 is 0 Å². The zero-order chi connectivity index (χ0) is 46.5. The van der Waals surface area contributed by atoms with Crippen LogP contribution in [0.4, 0.5) is 51.2 Å². The van der Waals surface area contributed by atoms with Gasteiger partial charge in [-0.15, -0.1) is 0 Å². The zero-order valence-corrected chi connectivity index (χ0v) is 40.9. The number of hydrogen-bond donors (Lipinski definition) is 0. The Kier molecular flexibility index (Phi) is 10.4. The summed E-state index contributed by atoms with van der Waals surface area (Å²) in [7, 11) is 0. The van der Waals surface area contributed by atoms with Crippen molar-refractivity contribution in [3.63, 3.8) is 0 Å². The summed E-state index contributed by atoms with van der Waals surface area (Å²) < 4.78 is 0. The normalized spacial score (nSPS) is 14.1. The lowest BCUT2D eigenvalue weighted by molar-refractivity contribution is 0.660. The van der Waals surface area contributed by atoms with Crippen molar-refractivity contribution in [2.45, 2.75) is 98.3 Å². The van der Waals surface area contributed by atoms with Crippen molar-refractivity contribution < 1.29 is 0 Å². The fraction of sp³-hybridized carbons (Fsp3) is 0.238. The van der Waals surface area contributed by atoms with E-state index in [1.165, 1.54) is 95.0 Å². The number of fused-ring (bicyclic) bond motifs is 7. The van der Waals surface area contributed by atoms with Gasteiger partial charge in [-0.25, -0.2) is 0 Å². The minimum atomic E-state index is -0.146. The number of anilines is 9. The van der Waals surface area contributed by atoms with Crippen molar-refractivity contribution in [3.05, 3.63) is 203 Å². The molecule has 0 radical (unpaired) electrons. The molecule has 0 fully saturated rings. The molecule has 11 rings (SSSR count). The highest BCUT2D eigenvalue weighted by molar-refractivity contribution is 7.00. The molecule has 2 aliphatic heterocycles. The van der Waals surface area contributed by atoms with Crippen LogP contribution in [-0.4, -0.2) is 6.71 Å². The van der Waals surface area contributed by atoms with E-state index in [1.54, 1.807) is 0 Å². The van der Waals surface area contributed by atoms with Gasteiger partial charge in [0.05, 0.1) is 5.69 Å². The topological polar surface area (TPSA) is 9.72 Å². The monoisotopic (exact) mass is 872 g/mol. The van der Waals surface area contributed by atoms with Gasteiger partial charge in [0.1, 0.15) is 0 Å². The molecule has 0 bridgehead atoms. The highest BCUT2D eigenvalue weighted by Crippen LogP contribution is 2.53. The Morgan fingerprint density at radius 2 is 0.851 bits per heavy atom. The molecule has 0 spiro atoms. The minimum absolute atomic E-state index is 0.0216. The van der Waals surface area contributed by atoms with Crippen LogP contribution in [0, 0.1) is 0 Å². The van der Waals surface area contributed by atoms with Crippen LogP contribution in [0.1, 0.15) is 126 Å². The average molecular weight is 872 g/mol. The Hall–Kier alpha value is -6.78. The SMILES string of the molecule is CC(C)c1ccc(N2c3cc(C(C)C)ccc3B3c4ccc(C(C)C)cc4N(c4ccc(C(C)C)cc4)c4cc(N(c5ccccc5)c5ccc6c(c5)C(C)(C)c5ccccc5-6)cc2c43)cc1. The molecule has 0 N–H and O–H groups in total. The van der Waals surface area contributed by atoms with E-state index in [4.69, 9.17) is 0 Å². The third-order valence-corrected chi connectivity index (χ3v) is 15.2. The second-order valence-electron chi connectivity index (χ2n) is 21.0. The number of benzene rings is 8. The summed E-state index contributed by atoms with van der Waals surface area (Å²) in [4.78, 5) is 7.68. The van der Waals surface area contributed by atoms with Crippen molar-refractivity contribution in [2.75, 3.05) is 14.7 Å². The van der Waals surface area contributed by atoms with E-state index in [1.807, 2.05) is 0 Å². The first kappa shape index (κ1) is 42.8. The fourth-order valence-electron chi connectivity index (χ4n) is 11.3. The van der Waals surface area contributed by atoms with E-state index in [2.05, 4.69) is 254 Å². The Balaban J connectivity index is 1.24. The molecule has 2 heterocycles. The molecule has 0 unspecified atom stereocenters. The highest BCUT2D eigenvalue weighted by Gasteiger charge is 2.44. The van der Waals surface area contributed by atoms with Crippen molar-refractivity contribution in [2.24, 2.45) is 0 Å². The van der Waals surface area contributed by atoms with Crippen LogP contribution in [0.25, 0.3) is 11.1 Å². The molecular weight excluding hydrogens is 810 g/mol. The van der Waals surface area contributed by atoms with Crippen LogP contribution in [0.15, 0.2) is 170 Å². The van der Waals surface area contributed by atoms with Gasteiger partial charge in [0, 0.05) is 50.9 Å². The molecule has 0 saturated heterocycles. The van der Waals surface area contributed by atoms with Gasteiger partial charge in [-0.3, -0.25) is 0 Å². The van der Waals surface area contributed by atoms with Crippen LogP contribution >= 0.6 is 0 Å². The van der Waals surface area contributed by atoms with Gasteiger partial charge in [-0.05, 0) is 157 Å². The number of nitrogens with zero attached hydrogens (tertiary/aromatic N) is 3. The summed E-state index contributed by atoms with van der Waals surface area (Å²) in [6, 6.07) is 65.5. The first-order valence-electron chi connectivity index (χ1n) is 24.7. The molecule has 0 atom stereocenters. The van der Waals surface area contributed by atoms with Crippen LogP contribution in [-0.2, 0) is 5.41 Å². The lowest BCUT2D eigenvalue weighted by atomic mass is 9.33. The predicted octanol–water partition coefficient (Wildman–Crippen LogP) is 16.0. The van der Waals surface area contributed by atoms with Crippen molar-refractivity contribution in [1.82, 2.24) is 0 Å². The summed E-state index contributed by atoms with van der Waals surface area (Å²) in [5.41, 5.74) is 25.3. The summed E-state index contributed by atoms with van der Waals surface area (Å²) in [6.45, 7) is 23.2. The van der Waals surface area contributed by atoms with Gasteiger partial charge in [0.25, 0.3) is 6.71 Å². The molecule has 3 nitrogen and oxygen atoms in total. The molecule has 0 amide bonds. The molecule has 3 aliphatic rings. The van der Waals surface area contributed by atoms with Gasteiger partial charge in [-0.2, -0.15) is 0 Å². The molecule has 0 saturated carbocycles. The van der Waals surface area contributed by atoms with Crippen molar-refractivity contribution in [1.29, 1.82) is 0 Å². The first-order chi connectivity index (χ1) is 32.3. The Bertz CT molecular complexity index is 3040. The highest BCUT2D eigenvalue weighted by atomic mass is 15.2. The molecule has 67 heavy (non-hydrogen) atoms. The molecule has 332 valence electrons. The Morgan fingerprint density at radius 3 is 1.36 bits per heavy atom. The molecule has 8 aromatic carbocycles. The van der Waals surface area contributed by atoms with Crippen LogP contribution in [0.2, 0.25) is 0 Å². The second kappa shape index (κ2) is 16.2. The second-order valence-corrected chi connectivity index (χ2v) is 21.0. The van der Waals surface area contributed by atoms with Gasteiger partial charge in [0.2, 0.25) is 0 Å². The summed E-state index contributed by atoms with van der Waals surface area (Å²) in [5, 5.41) is 0. The van der Waals surface area contributed by atoms with E-state index in [0.717, 1.165) is 17.1 Å². The Morgan fingerprint density at radius 1 is 0.388 bits per heavy atom. The van der Waals surface area contributed by atoms with E-state index in [0.29, 0.717) is 23.7 Å². The van der Waals surface area contributed by atoms with Gasteiger partial charge in [-0.1, -0.05) is 166 Å². The third kappa shape index (κ3) is 6.94. The summed E-state index contributed by atoms with van der Waals surface area (Å²) in [6.07, 6.45) is 0. The number of rotatable bonds is 9. The van der Waals surface area contributed by atoms with Gasteiger partial charge >= 0.3 is 0 Å². The first-order valence-corrected chi connectivity index (χ1v) is 24.7. The smallest absolute Gasteiger partial charge is 0.252 e. The standard InChI is InChI=1S/C63H62BN3/c1-39(2)43-20-26-48(27-21-43)66-58-34-45(41(5)6)24-32-56(58)64-57-33-25-46(42(7)8)35-59(57)67(49-28-22-44(23-29-49)40(3)4)61-38-51(37-60(66)62(61)64)65(47-16-12-11-13-17-47)50-30-31-53-52-18-14-15-19-54(52)63(9,10)55(53)36-50/h11-42H,1-10H3. The fourth-order valence-corrected chi connectivity index (χ4v) is 11.3. The van der Waals surface area contributed by atoms with Crippen LogP contribution < -0.4 is 31.1 Å². The lowest BCUT2D eigenvalue weighted by Crippen LogP contribution is -2.61. The molecule has 0 aromatic heterocycles. The van der Waals surface area contributed by atoms with Crippen LogP contribution in [0.3, 0.4) is 0 Å². The minimum Gasteiger partial charge on any atom is -0.311 e. The van der Waals surface area contributed by atoms with Gasteiger partial charge < -0.3 is 14.7 Å². The maximum Gasteiger partial charge on any atom is 0.252 e. The quantitative estimate of drug-likeness (QED) is 0.134. The van der Waals surface area contributed by atoms with E-state index >= 15 is 0 Å². The van der Waals surface area contributed by atoms with Crippen molar-refractivity contribution in [3.8, 4) is 11.1 Å². The number of para-hydroxylation sites is 1. The Labute approximate surface area is 399 Å². The molecule has 4 heteroatoms. The molecular formula is C63H62BN3. The summed E-state index contributed by atoms with van der Waals surface area (Å²) in [5.74, 6) is 1.62. The third-order valence-electron chi connectivity index (χ3n) is 15.2. The predicted molar refractivity (Wildman–Crippen MR) is 289 cm³/mol. The van der Waals surface area contributed by atoms with E-state index in [9.17, 15) is 0 Å². The lowest BCUT2D eigenvalue weighted by Gasteiger charge is -2.45. The maximum atomic E-state index is 2.59. The average Bonchev–Trinajstić information content (AvgIpc) is 3.56. The summed E-state index contributed by atoms with van der Waals surface area (Å²) >= 11 is 0. The molecule has 8 aromatic rings. The zero-order valence-electron chi connectivity index (χ0n) is 40.9.